The van der Waals surface area contributed by atoms with Crippen LogP contribution >= 0.6 is 0 Å². The third kappa shape index (κ3) is 5.17. The van der Waals surface area contributed by atoms with Gasteiger partial charge in [-0.15, -0.1) is 0 Å². The number of anilines is 1. The fourth-order valence-electron chi connectivity index (χ4n) is 5.86. The van der Waals surface area contributed by atoms with Crippen LogP contribution in [0.1, 0.15) is 50.1 Å². The Kier molecular flexibility index (Phi) is 6.46. The lowest BCUT2D eigenvalue weighted by atomic mass is 9.75. The van der Waals surface area contributed by atoms with E-state index in [0.29, 0.717) is 25.9 Å². The molecule has 2 saturated carbocycles. The minimum Gasteiger partial charge on any atom is -0.369 e. The van der Waals surface area contributed by atoms with Crippen molar-refractivity contribution >= 4 is 21.4 Å². The largest absolute Gasteiger partial charge is 0.369 e. The van der Waals surface area contributed by atoms with Crippen LogP contribution in [0.5, 0.6) is 0 Å². The lowest BCUT2D eigenvalue weighted by Crippen LogP contribution is -2.42. The van der Waals surface area contributed by atoms with Crippen molar-refractivity contribution in [3.8, 4) is 22.9 Å². The van der Waals surface area contributed by atoms with E-state index in [1.165, 1.54) is 0 Å². The van der Waals surface area contributed by atoms with Crippen LogP contribution in [0.25, 0.3) is 16.8 Å². The second-order valence-corrected chi connectivity index (χ2v) is 13.4. The Bertz CT molecular complexity index is 1520. The van der Waals surface area contributed by atoms with Gasteiger partial charge in [0.05, 0.1) is 35.7 Å². The number of rotatable bonds is 6. The highest BCUT2D eigenvalue weighted by Gasteiger charge is 2.47. The highest BCUT2D eigenvalue weighted by Crippen LogP contribution is 2.43. The molecule has 10 nitrogen and oxygen atoms in total. The first-order valence-electron chi connectivity index (χ1n) is 13.6. The molecule has 0 radical (unpaired) electrons. The summed E-state index contributed by atoms with van der Waals surface area (Å²) < 4.78 is 27.3. The van der Waals surface area contributed by atoms with Gasteiger partial charge in [-0.05, 0) is 43.4 Å². The average Bonchev–Trinajstić information content (AvgIpc) is 3.35. The number of sulfone groups is 1. The highest BCUT2D eigenvalue weighted by molar-refractivity contribution is 7.91. The number of nitriles is 1. The molecule has 6 rings (SSSR count). The molecule has 3 aliphatic rings. The van der Waals surface area contributed by atoms with Crippen LogP contribution in [0.2, 0.25) is 0 Å². The van der Waals surface area contributed by atoms with Crippen molar-refractivity contribution in [2.75, 3.05) is 29.5 Å². The van der Waals surface area contributed by atoms with Crippen molar-refractivity contribution in [1.82, 2.24) is 24.9 Å². The Morgan fingerprint density at radius 1 is 1.08 bits per heavy atom. The predicted molar refractivity (Wildman–Crippen MR) is 147 cm³/mol. The van der Waals surface area contributed by atoms with Gasteiger partial charge in [0, 0.05) is 49.4 Å². The molecule has 1 N–H and O–H groups in total. The Balaban J connectivity index is 1.34. The zero-order valence-corrected chi connectivity index (χ0v) is 22.9. The van der Waals surface area contributed by atoms with E-state index in [2.05, 4.69) is 33.5 Å². The minimum atomic E-state index is -2.95. The fraction of sp³-hybridized carbons (Fsp3) is 0.500. The molecule has 0 spiro atoms. The van der Waals surface area contributed by atoms with Crippen molar-refractivity contribution in [3.05, 3.63) is 48.5 Å². The van der Waals surface area contributed by atoms with Crippen LogP contribution in [0, 0.1) is 17.2 Å². The van der Waals surface area contributed by atoms with Crippen LogP contribution in [0.4, 0.5) is 5.69 Å². The van der Waals surface area contributed by atoms with Crippen LogP contribution in [0.3, 0.4) is 0 Å². The molecule has 3 aromatic rings. The van der Waals surface area contributed by atoms with Crippen molar-refractivity contribution < 1.29 is 13.2 Å². The first kappa shape index (κ1) is 25.6. The summed E-state index contributed by atoms with van der Waals surface area (Å²) in [6.45, 7) is 0.990. The van der Waals surface area contributed by atoms with Crippen LogP contribution in [-0.2, 0) is 21.7 Å². The molecular weight excluding hydrogens is 514 g/mol. The predicted octanol–water partition coefficient (Wildman–Crippen LogP) is 2.95. The molecule has 1 aromatic carbocycles. The maximum atomic E-state index is 13.4. The number of aromatic nitrogens is 4. The summed E-state index contributed by atoms with van der Waals surface area (Å²) in [5.41, 5.74) is 4.00. The number of benzene rings is 1. The van der Waals surface area contributed by atoms with Gasteiger partial charge in [-0.3, -0.25) is 9.48 Å². The number of carbonyl (C=O) groups is 1. The lowest BCUT2D eigenvalue weighted by molar-refractivity contribution is -0.127. The Morgan fingerprint density at radius 2 is 1.79 bits per heavy atom. The second kappa shape index (κ2) is 9.83. The zero-order valence-electron chi connectivity index (χ0n) is 22.1. The molecule has 2 atom stereocenters. The van der Waals surface area contributed by atoms with Gasteiger partial charge >= 0.3 is 0 Å². The molecule has 2 aromatic heterocycles. The number of nitrogens with one attached hydrogen (secondary N) is 1. The third-order valence-electron chi connectivity index (χ3n) is 8.37. The Morgan fingerprint density at radius 3 is 2.44 bits per heavy atom. The van der Waals surface area contributed by atoms with E-state index in [0.717, 1.165) is 53.9 Å². The molecular formula is C28H33N7O3S. The quantitative estimate of drug-likeness (QED) is 0.503. The van der Waals surface area contributed by atoms with E-state index >= 15 is 0 Å². The van der Waals surface area contributed by atoms with Gasteiger partial charge in [0.15, 0.2) is 9.84 Å². The van der Waals surface area contributed by atoms with Gasteiger partial charge in [-0.1, -0.05) is 25.0 Å². The molecule has 1 saturated heterocycles. The van der Waals surface area contributed by atoms with E-state index in [-0.39, 0.29) is 29.2 Å². The van der Waals surface area contributed by atoms with E-state index in [4.69, 9.17) is 5.10 Å². The molecule has 11 heteroatoms. The smallest absolute Gasteiger partial charge is 0.225 e. The van der Waals surface area contributed by atoms with Gasteiger partial charge in [-0.2, -0.15) is 15.5 Å². The maximum absolute atomic E-state index is 13.4. The van der Waals surface area contributed by atoms with Crippen molar-refractivity contribution in [1.29, 1.82) is 5.26 Å². The van der Waals surface area contributed by atoms with Gasteiger partial charge in [0.25, 0.3) is 0 Å². The van der Waals surface area contributed by atoms with Crippen LogP contribution in [-0.4, -0.2) is 64.0 Å². The number of hydrogen-bond donors (Lipinski definition) is 1. The fourth-order valence-corrected chi connectivity index (χ4v) is 7.06. The molecule has 3 fully saturated rings. The van der Waals surface area contributed by atoms with Crippen molar-refractivity contribution in [2.24, 2.45) is 13.0 Å². The van der Waals surface area contributed by atoms with Gasteiger partial charge in [0.2, 0.25) is 5.91 Å². The van der Waals surface area contributed by atoms with Crippen LogP contribution < -0.4 is 10.2 Å². The number of amides is 1. The molecule has 39 heavy (non-hydrogen) atoms. The number of hydrogen-bond acceptors (Lipinski definition) is 7. The summed E-state index contributed by atoms with van der Waals surface area (Å²) in [6, 6.07) is 10.5. The van der Waals surface area contributed by atoms with Gasteiger partial charge < -0.3 is 10.2 Å². The SMILES string of the molecule is Cn1cc(-n2cc(-c3ccc(N4CCS(=O)(=O)CC4)cc3)c(C3CCCCC3C(=O)NC3(C#N)CC3)n2)cn1. The van der Waals surface area contributed by atoms with Gasteiger partial charge in [0.1, 0.15) is 11.2 Å². The molecule has 1 aliphatic heterocycles. The average molecular weight is 548 g/mol. The normalized spacial score (nSPS) is 23.6. The first-order valence-corrected chi connectivity index (χ1v) is 15.5. The summed E-state index contributed by atoms with van der Waals surface area (Å²) in [7, 11) is -1.08. The van der Waals surface area contributed by atoms with E-state index < -0.39 is 15.4 Å². The highest BCUT2D eigenvalue weighted by atomic mass is 32.2. The Labute approximate surface area is 228 Å². The zero-order chi connectivity index (χ0) is 27.2. The molecule has 2 aliphatic carbocycles. The standard InChI is InChI=1S/C28H33N7O3S/c1-33-17-22(16-30-33)35-18-25(20-6-8-21(9-7-20)34-12-14-39(37,38)15-13-34)26(32-35)23-4-2-3-5-24(23)27(36)31-28(19-29)10-11-28/h6-9,16-18,23-24H,2-5,10-15H2,1H3,(H,31,36). The monoisotopic (exact) mass is 547 g/mol. The van der Waals surface area contributed by atoms with E-state index in [9.17, 15) is 18.5 Å². The van der Waals surface area contributed by atoms with Gasteiger partial charge in [-0.25, -0.2) is 13.1 Å². The summed E-state index contributed by atoms with van der Waals surface area (Å²) in [5, 5.41) is 21.9. The van der Waals surface area contributed by atoms with Crippen LogP contribution in [0.15, 0.2) is 42.9 Å². The topological polar surface area (TPSA) is 126 Å². The lowest BCUT2D eigenvalue weighted by Gasteiger charge is -2.31. The molecule has 1 amide bonds. The molecule has 204 valence electrons. The number of aryl methyl sites for hydroxylation is 1. The first-order chi connectivity index (χ1) is 18.8. The summed E-state index contributed by atoms with van der Waals surface area (Å²) in [6.07, 6.45) is 10.7. The summed E-state index contributed by atoms with van der Waals surface area (Å²) in [5.74, 6) is 0.00333. The van der Waals surface area contributed by atoms with E-state index in [1.54, 1.807) is 10.9 Å². The molecule has 3 heterocycles. The second-order valence-electron chi connectivity index (χ2n) is 11.1. The van der Waals surface area contributed by atoms with Crippen molar-refractivity contribution in [2.45, 2.75) is 50.0 Å². The maximum Gasteiger partial charge on any atom is 0.225 e. The Hall–Kier alpha value is -3.65. The number of carbonyl (C=O) groups excluding carboxylic acids is 1. The third-order valence-corrected chi connectivity index (χ3v) is 9.98. The molecule has 2 unspecified atom stereocenters. The number of nitrogens with zero attached hydrogens (tertiary/aromatic N) is 6. The summed E-state index contributed by atoms with van der Waals surface area (Å²) >= 11 is 0. The molecule has 0 bridgehead atoms. The van der Waals surface area contributed by atoms with Crippen molar-refractivity contribution in [3.63, 3.8) is 0 Å². The minimum absolute atomic E-state index is 0.0453. The summed E-state index contributed by atoms with van der Waals surface area (Å²) in [4.78, 5) is 15.5. The van der Waals surface area contributed by atoms with E-state index in [1.807, 2.05) is 36.3 Å².